The lowest BCUT2D eigenvalue weighted by Crippen LogP contribution is -2.31. The summed E-state index contributed by atoms with van der Waals surface area (Å²) in [6.45, 7) is 0.524. The third-order valence-electron chi connectivity index (χ3n) is 3.80. The second-order valence-corrected chi connectivity index (χ2v) is 6.36. The SMILES string of the molecule is COc1ccc(CCN2C(=O)CS/C2=N\N=C\c2ccco2)cc1OC. The van der Waals surface area contributed by atoms with E-state index < -0.39 is 0 Å². The van der Waals surface area contributed by atoms with E-state index in [0.29, 0.717) is 41.1 Å². The Morgan fingerprint density at radius 2 is 2.12 bits per heavy atom. The minimum atomic E-state index is 0.0300. The lowest BCUT2D eigenvalue weighted by atomic mass is 10.1. The fourth-order valence-electron chi connectivity index (χ4n) is 2.47. The maximum Gasteiger partial charge on any atom is 0.239 e. The summed E-state index contributed by atoms with van der Waals surface area (Å²) < 4.78 is 15.7. The number of amides is 1. The summed E-state index contributed by atoms with van der Waals surface area (Å²) in [7, 11) is 3.20. The molecule has 3 rings (SSSR count). The number of carbonyl (C=O) groups excluding carboxylic acids is 1. The molecule has 7 nitrogen and oxygen atoms in total. The van der Waals surface area contributed by atoms with Gasteiger partial charge in [-0.2, -0.15) is 5.10 Å². The van der Waals surface area contributed by atoms with Crippen LogP contribution in [0.2, 0.25) is 0 Å². The van der Waals surface area contributed by atoms with Crippen molar-refractivity contribution >= 4 is 29.1 Å². The number of amidine groups is 1. The van der Waals surface area contributed by atoms with E-state index in [1.54, 1.807) is 37.5 Å². The molecule has 136 valence electrons. The molecule has 26 heavy (non-hydrogen) atoms. The molecule has 1 fully saturated rings. The second-order valence-electron chi connectivity index (χ2n) is 5.42. The molecule has 2 aromatic rings. The van der Waals surface area contributed by atoms with Crippen LogP contribution in [0.15, 0.2) is 51.2 Å². The molecule has 2 heterocycles. The second kappa shape index (κ2) is 8.57. The van der Waals surface area contributed by atoms with Crippen LogP contribution in [-0.2, 0) is 11.2 Å². The minimum absolute atomic E-state index is 0.0300. The maximum atomic E-state index is 12.1. The van der Waals surface area contributed by atoms with Gasteiger partial charge in [0.1, 0.15) is 5.76 Å². The molecule has 8 heteroatoms. The van der Waals surface area contributed by atoms with Crippen LogP contribution in [0.3, 0.4) is 0 Å². The van der Waals surface area contributed by atoms with E-state index in [2.05, 4.69) is 10.2 Å². The Labute approximate surface area is 155 Å². The van der Waals surface area contributed by atoms with Gasteiger partial charge in [0.25, 0.3) is 0 Å². The van der Waals surface area contributed by atoms with Crippen LogP contribution in [0, 0.1) is 0 Å². The predicted molar refractivity (Wildman–Crippen MR) is 101 cm³/mol. The quantitative estimate of drug-likeness (QED) is 0.551. The fourth-order valence-corrected chi connectivity index (χ4v) is 3.33. The van der Waals surface area contributed by atoms with Gasteiger partial charge >= 0.3 is 0 Å². The molecule has 0 radical (unpaired) electrons. The van der Waals surface area contributed by atoms with Crippen LogP contribution < -0.4 is 9.47 Å². The van der Waals surface area contributed by atoms with Crippen LogP contribution in [0.25, 0.3) is 0 Å². The predicted octanol–water partition coefficient (Wildman–Crippen LogP) is 2.80. The molecule has 0 saturated carbocycles. The maximum absolute atomic E-state index is 12.1. The third kappa shape index (κ3) is 4.26. The topological polar surface area (TPSA) is 76.6 Å². The van der Waals surface area contributed by atoms with Crippen molar-refractivity contribution in [1.82, 2.24) is 4.90 Å². The van der Waals surface area contributed by atoms with Crippen molar-refractivity contribution in [2.75, 3.05) is 26.5 Å². The Bertz CT molecular complexity index is 818. The Morgan fingerprint density at radius 1 is 1.27 bits per heavy atom. The van der Waals surface area contributed by atoms with E-state index in [1.165, 1.54) is 18.0 Å². The summed E-state index contributed by atoms with van der Waals surface area (Å²) in [6.07, 6.45) is 3.76. The molecule has 1 aliphatic rings. The van der Waals surface area contributed by atoms with Gasteiger partial charge in [0.15, 0.2) is 16.7 Å². The summed E-state index contributed by atoms with van der Waals surface area (Å²) in [4.78, 5) is 13.8. The number of ether oxygens (including phenoxy) is 2. The van der Waals surface area contributed by atoms with E-state index >= 15 is 0 Å². The summed E-state index contributed by atoms with van der Waals surface area (Å²) in [5.41, 5.74) is 1.05. The van der Waals surface area contributed by atoms with Crippen molar-refractivity contribution in [2.24, 2.45) is 10.2 Å². The smallest absolute Gasteiger partial charge is 0.239 e. The molecule has 0 aliphatic carbocycles. The Kier molecular flexibility index (Phi) is 5.96. The Morgan fingerprint density at radius 3 is 2.85 bits per heavy atom. The zero-order valence-corrected chi connectivity index (χ0v) is 15.4. The van der Waals surface area contributed by atoms with Crippen molar-refractivity contribution < 1.29 is 18.7 Å². The number of carbonyl (C=O) groups is 1. The van der Waals surface area contributed by atoms with Gasteiger partial charge in [-0.15, -0.1) is 5.10 Å². The first-order valence-corrected chi connectivity index (χ1v) is 8.98. The van der Waals surface area contributed by atoms with Crippen molar-refractivity contribution in [3.05, 3.63) is 47.9 Å². The summed E-state index contributed by atoms with van der Waals surface area (Å²) in [5, 5.41) is 8.75. The molecule has 1 aromatic heterocycles. The number of hydrogen-bond donors (Lipinski definition) is 0. The Balaban J connectivity index is 1.66. The fraction of sp³-hybridized carbons (Fsp3) is 0.278. The molecule has 1 aromatic carbocycles. The number of hydrogen-bond acceptors (Lipinski definition) is 7. The number of rotatable bonds is 7. The lowest BCUT2D eigenvalue weighted by Gasteiger charge is -2.15. The van der Waals surface area contributed by atoms with Crippen molar-refractivity contribution in [1.29, 1.82) is 0 Å². The monoisotopic (exact) mass is 373 g/mol. The molecule has 0 N–H and O–H groups in total. The molecule has 0 spiro atoms. The third-order valence-corrected chi connectivity index (χ3v) is 4.75. The summed E-state index contributed by atoms with van der Waals surface area (Å²) in [6, 6.07) is 9.29. The van der Waals surface area contributed by atoms with Crippen LogP contribution in [-0.4, -0.2) is 48.7 Å². The van der Waals surface area contributed by atoms with Crippen molar-refractivity contribution in [3.63, 3.8) is 0 Å². The van der Waals surface area contributed by atoms with Crippen LogP contribution >= 0.6 is 11.8 Å². The zero-order chi connectivity index (χ0) is 18.4. The number of furan rings is 1. The average molecular weight is 373 g/mol. The highest BCUT2D eigenvalue weighted by molar-refractivity contribution is 8.15. The first-order chi connectivity index (χ1) is 12.7. The van der Waals surface area contributed by atoms with Gasteiger partial charge in [-0.25, -0.2) is 0 Å². The molecule has 1 saturated heterocycles. The van der Waals surface area contributed by atoms with E-state index in [1.807, 2.05) is 18.2 Å². The number of methoxy groups -OCH3 is 2. The van der Waals surface area contributed by atoms with Gasteiger partial charge in [-0.05, 0) is 36.2 Å². The first-order valence-electron chi connectivity index (χ1n) is 8.00. The first kappa shape index (κ1) is 18.1. The molecule has 0 unspecified atom stereocenters. The molecule has 0 bridgehead atoms. The zero-order valence-electron chi connectivity index (χ0n) is 14.5. The van der Waals surface area contributed by atoms with Gasteiger partial charge in [-0.3, -0.25) is 9.69 Å². The van der Waals surface area contributed by atoms with Gasteiger partial charge in [0.05, 0.1) is 32.5 Å². The highest BCUT2D eigenvalue weighted by Crippen LogP contribution is 2.28. The van der Waals surface area contributed by atoms with Gasteiger partial charge in [0.2, 0.25) is 5.91 Å². The molecular formula is C18H19N3O4S. The van der Waals surface area contributed by atoms with E-state index in [-0.39, 0.29) is 5.91 Å². The van der Waals surface area contributed by atoms with Crippen LogP contribution in [0.1, 0.15) is 11.3 Å². The average Bonchev–Trinajstić information content (AvgIpc) is 3.30. The van der Waals surface area contributed by atoms with E-state index in [9.17, 15) is 4.79 Å². The highest BCUT2D eigenvalue weighted by atomic mass is 32.2. The number of benzene rings is 1. The lowest BCUT2D eigenvalue weighted by molar-refractivity contribution is -0.124. The Hall–Kier alpha value is -2.74. The number of thioether (sulfide) groups is 1. The van der Waals surface area contributed by atoms with E-state index in [4.69, 9.17) is 13.9 Å². The normalized spacial score (nSPS) is 16.0. The highest BCUT2D eigenvalue weighted by Gasteiger charge is 2.28. The van der Waals surface area contributed by atoms with Gasteiger partial charge < -0.3 is 13.9 Å². The summed E-state index contributed by atoms with van der Waals surface area (Å²) >= 11 is 1.38. The van der Waals surface area contributed by atoms with Crippen molar-refractivity contribution in [3.8, 4) is 11.5 Å². The standard InChI is InChI=1S/C18H19N3O4S/c1-23-15-6-5-13(10-16(15)24-2)7-8-21-17(22)12-26-18(21)20-19-11-14-4-3-9-25-14/h3-6,9-11H,7-8,12H2,1-2H3/b19-11+,20-18-. The molecule has 0 atom stereocenters. The van der Waals surface area contributed by atoms with Crippen molar-refractivity contribution in [2.45, 2.75) is 6.42 Å². The van der Waals surface area contributed by atoms with Crippen LogP contribution in [0.4, 0.5) is 0 Å². The van der Waals surface area contributed by atoms with Crippen LogP contribution in [0.5, 0.6) is 11.5 Å². The summed E-state index contributed by atoms with van der Waals surface area (Å²) in [5.74, 6) is 2.37. The van der Waals surface area contributed by atoms with E-state index in [0.717, 1.165) is 5.56 Å². The van der Waals surface area contributed by atoms with Gasteiger partial charge in [0, 0.05) is 6.54 Å². The van der Waals surface area contributed by atoms with Gasteiger partial charge in [-0.1, -0.05) is 17.8 Å². The largest absolute Gasteiger partial charge is 0.493 e. The minimum Gasteiger partial charge on any atom is -0.493 e. The molecular weight excluding hydrogens is 354 g/mol. The molecule has 1 aliphatic heterocycles. The molecule has 1 amide bonds. The number of nitrogens with zero attached hydrogens (tertiary/aromatic N) is 3.